The summed E-state index contributed by atoms with van der Waals surface area (Å²) in [5.41, 5.74) is 4.17. The lowest BCUT2D eigenvalue weighted by Crippen LogP contribution is -2.59. The van der Waals surface area contributed by atoms with Gasteiger partial charge < -0.3 is 15.0 Å². The van der Waals surface area contributed by atoms with E-state index in [0.717, 1.165) is 31.6 Å². The molecule has 144 valence electrons. The van der Waals surface area contributed by atoms with E-state index in [1.54, 1.807) is 11.9 Å². The molecule has 0 aromatic heterocycles. The first-order valence-electron chi connectivity index (χ1n) is 10.3. The highest BCUT2D eigenvalue weighted by atomic mass is 16.6. The second-order valence-electron chi connectivity index (χ2n) is 9.21. The number of ether oxygens (including phenoxy) is 1. The van der Waals surface area contributed by atoms with Crippen molar-refractivity contribution >= 4 is 12.0 Å². The summed E-state index contributed by atoms with van der Waals surface area (Å²) in [7, 11) is 1.78. The van der Waals surface area contributed by atoms with E-state index in [1.807, 2.05) is 0 Å². The van der Waals surface area contributed by atoms with Crippen LogP contribution < -0.4 is 5.32 Å². The summed E-state index contributed by atoms with van der Waals surface area (Å²) in [6.45, 7) is 2.64. The predicted molar refractivity (Wildman–Crippen MR) is 102 cm³/mol. The third-order valence-corrected chi connectivity index (χ3v) is 7.35. The summed E-state index contributed by atoms with van der Waals surface area (Å²) in [5, 5.41) is 3.23. The van der Waals surface area contributed by atoms with Crippen LogP contribution in [-0.4, -0.2) is 42.1 Å². The van der Waals surface area contributed by atoms with Gasteiger partial charge in [0.05, 0.1) is 5.54 Å². The van der Waals surface area contributed by atoms with Crippen molar-refractivity contribution in [3.63, 3.8) is 0 Å². The zero-order chi connectivity index (χ0) is 18.8. The van der Waals surface area contributed by atoms with Crippen molar-refractivity contribution in [1.82, 2.24) is 10.2 Å². The Morgan fingerprint density at radius 3 is 2.59 bits per heavy atom. The highest BCUT2D eigenvalue weighted by Crippen LogP contribution is 2.47. The minimum Gasteiger partial charge on any atom is -0.447 e. The Kier molecular flexibility index (Phi) is 3.78. The Bertz CT molecular complexity index is 789. The van der Waals surface area contributed by atoms with E-state index < -0.39 is 0 Å². The number of carbonyl (C=O) groups is 2. The number of nitrogens with zero attached hydrogens (tertiary/aromatic N) is 1. The van der Waals surface area contributed by atoms with Crippen LogP contribution in [0.15, 0.2) is 18.2 Å². The maximum atomic E-state index is 12.5. The van der Waals surface area contributed by atoms with E-state index in [4.69, 9.17) is 4.74 Å². The van der Waals surface area contributed by atoms with Gasteiger partial charge in [-0.1, -0.05) is 18.2 Å². The van der Waals surface area contributed by atoms with Crippen LogP contribution in [0, 0.1) is 12.8 Å². The van der Waals surface area contributed by atoms with E-state index in [-0.39, 0.29) is 23.5 Å². The van der Waals surface area contributed by atoms with Crippen LogP contribution in [-0.2, 0) is 9.53 Å². The molecule has 4 aliphatic rings. The highest BCUT2D eigenvalue weighted by molar-refractivity contribution is 5.81. The van der Waals surface area contributed by atoms with Gasteiger partial charge in [0.15, 0.2) is 0 Å². The summed E-state index contributed by atoms with van der Waals surface area (Å²) in [5.74, 6) is 1.53. The largest absolute Gasteiger partial charge is 0.447 e. The van der Waals surface area contributed by atoms with E-state index in [1.165, 1.54) is 29.5 Å². The molecule has 0 radical (unpaired) electrons. The minimum absolute atomic E-state index is 0.0156. The number of benzene rings is 1. The molecule has 2 amide bonds. The molecule has 1 saturated heterocycles. The Balaban J connectivity index is 1.12. The minimum atomic E-state index is -0.264. The molecule has 1 aliphatic heterocycles. The maximum absolute atomic E-state index is 12.5. The first-order chi connectivity index (χ1) is 12.9. The number of hydrogen-bond acceptors (Lipinski definition) is 3. The molecule has 1 heterocycles. The zero-order valence-electron chi connectivity index (χ0n) is 16.2. The molecule has 4 fully saturated rings. The number of cyclic esters (lactones) is 1. The summed E-state index contributed by atoms with van der Waals surface area (Å²) in [6, 6.07) is 7.25. The number of amides is 2. The lowest BCUT2D eigenvalue weighted by atomic mass is 9.67. The van der Waals surface area contributed by atoms with Gasteiger partial charge in [-0.15, -0.1) is 0 Å². The summed E-state index contributed by atoms with van der Waals surface area (Å²) < 4.78 is 5.12. The van der Waals surface area contributed by atoms with Gasteiger partial charge in [-0.25, -0.2) is 4.79 Å². The van der Waals surface area contributed by atoms with Crippen molar-refractivity contribution in [2.45, 2.75) is 68.9 Å². The first kappa shape index (κ1) is 17.1. The SMILES string of the molecule is Cc1ccc(C2CC(NC(=O)C3CC4(COC(=O)N4C)C3)C2)cc1C1CC1. The van der Waals surface area contributed by atoms with Crippen LogP contribution in [0.2, 0.25) is 0 Å². The fourth-order valence-corrected chi connectivity index (χ4v) is 5.09. The van der Waals surface area contributed by atoms with Crippen molar-refractivity contribution in [3.05, 3.63) is 34.9 Å². The number of likely N-dealkylation sites (N-methyl/N-ethyl adjacent to an activating group) is 1. The topological polar surface area (TPSA) is 58.6 Å². The van der Waals surface area contributed by atoms with E-state index >= 15 is 0 Å². The Hall–Kier alpha value is -2.04. The Morgan fingerprint density at radius 2 is 1.96 bits per heavy atom. The molecule has 3 saturated carbocycles. The Morgan fingerprint density at radius 1 is 1.22 bits per heavy atom. The molecular formula is C22H28N2O3. The molecule has 5 rings (SSSR count). The smallest absolute Gasteiger partial charge is 0.410 e. The fraction of sp³-hybridized carbons (Fsp3) is 0.636. The zero-order valence-corrected chi connectivity index (χ0v) is 16.2. The molecule has 0 atom stereocenters. The quantitative estimate of drug-likeness (QED) is 0.885. The third kappa shape index (κ3) is 2.82. The van der Waals surface area contributed by atoms with Crippen LogP contribution >= 0.6 is 0 Å². The molecule has 1 aromatic rings. The molecule has 3 aliphatic carbocycles. The van der Waals surface area contributed by atoms with Crippen LogP contribution in [0.3, 0.4) is 0 Å². The van der Waals surface area contributed by atoms with Crippen molar-refractivity contribution in [2.75, 3.05) is 13.7 Å². The molecule has 1 spiro atoms. The van der Waals surface area contributed by atoms with E-state index in [2.05, 4.69) is 30.4 Å². The van der Waals surface area contributed by atoms with Gasteiger partial charge >= 0.3 is 6.09 Å². The molecule has 5 heteroatoms. The number of rotatable bonds is 4. The standard InChI is InChI=1S/C22H28N2O3/c1-13-3-4-15(9-19(13)14-5-6-14)16-7-18(8-16)23-20(25)17-10-22(11-17)12-27-21(26)24(22)2/h3-4,9,14,16-18H,5-8,10-12H2,1-2H3,(H,23,25). The lowest BCUT2D eigenvalue weighted by Gasteiger charge is -2.47. The average Bonchev–Trinajstić information content (AvgIpc) is 3.37. The van der Waals surface area contributed by atoms with Crippen molar-refractivity contribution < 1.29 is 14.3 Å². The highest BCUT2D eigenvalue weighted by Gasteiger charge is 2.56. The van der Waals surface area contributed by atoms with E-state index in [0.29, 0.717) is 18.6 Å². The molecule has 1 N–H and O–H groups in total. The van der Waals surface area contributed by atoms with Crippen LogP contribution in [0.25, 0.3) is 0 Å². The van der Waals surface area contributed by atoms with Gasteiger partial charge in [-0.05, 0) is 74.0 Å². The second-order valence-corrected chi connectivity index (χ2v) is 9.21. The van der Waals surface area contributed by atoms with Gasteiger partial charge in [0.1, 0.15) is 6.61 Å². The number of carbonyl (C=O) groups excluding carboxylic acids is 2. The van der Waals surface area contributed by atoms with Gasteiger partial charge in [-0.2, -0.15) is 0 Å². The van der Waals surface area contributed by atoms with Crippen molar-refractivity contribution in [3.8, 4) is 0 Å². The number of aryl methyl sites for hydroxylation is 1. The molecular weight excluding hydrogens is 340 g/mol. The van der Waals surface area contributed by atoms with Gasteiger partial charge in [0.2, 0.25) is 5.91 Å². The Labute approximate surface area is 160 Å². The monoisotopic (exact) mass is 368 g/mol. The van der Waals surface area contributed by atoms with E-state index in [9.17, 15) is 9.59 Å². The van der Waals surface area contributed by atoms with Crippen LogP contribution in [0.5, 0.6) is 0 Å². The number of nitrogens with one attached hydrogen (secondary N) is 1. The molecule has 0 unspecified atom stereocenters. The maximum Gasteiger partial charge on any atom is 0.410 e. The summed E-state index contributed by atoms with van der Waals surface area (Å²) in [6.07, 6.45) is 5.93. The predicted octanol–water partition coefficient (Wildman–Crippen LogP) is 3.47. The summed E-state index contributed by atoms with van der Waals surface area (Å²) in [4.78, 5) is 25.8. The summed E-state index contributed by atoms with van der Waals surface area (Å²) >= 11 is 0. The van der Waals surface area contributed by atoms with Gasteiger partial charge in [-0.3, -0.25) is 4.79 Å². The van der Waals surface area contributed by atoms with Crippen LogP contribution in [0.4, 0.5) is 4.79 Å². The average molecular weight is 368 g/mol. The normalized spacial score (nSPS) is 34.8. The molecule has 27 heavy (non-hydrogen) atoms. The number of hydrogen-bond donors (Lipinski definition) is 1. The van der Waals surface area contributed by atoms with Gasteiger partial charge in [0, 0.05) is 19.0 Å². The van der Waals surface area contributed by atoms with Gasteiger partial charge in [0.25, 0.3) is 0 Å². The van der Waals surface area contributed by atoms with Crippen molar-refractivity contribution in [1.29, 1.82) is 0 Å². The van der Waals surface area contributed by atoms with Crippen LogP contribution in [0.1, 0.15) is 67.1 Å². The third-order valence-electron chi connectivity index (χ3n) is 7.35. The second kappa shape index (κ2) is 5.98. The fourth-order valence-electron chi connectivity index (χ4n) is 5.09. The lowest BCUT2D eigenvalue weighted by molar-refractivity contribution is -0.133. The molecule has 5 nitrogen and oxygen atoms in total. The molecule has 1 aromatic carbocycles. The first-order valence-corrected chi connectivity index (χ1v) is 10.3. The molecule has 0 bridgehead atoms. The van der Waals surface area contributed by atoms with Crippen molar-refractivity contribution in [2.24, 2.45) is 5.92 Å².